The third-order valence-electron chi connectivity index (χ3n) is 5.11. The smallest absolute Gasteiger partial charge is 0.269 e. The van der Waals surface area contributed by atoms with Crippen LogP contribution in [0, 0.1) is 10.1 Å². The first-order valence-electron chi connectivity index (χ1n) is 9.97. The highest BCUT2D eigenvalue weighted by atomic mass is 32.2. The molecule has 0 spiro atoms. The van der Waals surface area contributed by atoms with Crippen LogP contribution in [-0.2, 0) is 4.79 Å². The Labute approximate surface area is 202 Å². The van der Waals surface area contributed by atoms with Crippen molar-refractivity contribution < 1.29 is 19.2 Å². The van der Waals surface area contributed by atoms with Gasteiger partial charge in [-0.1, -0.05) is 29.2 Å². The van der Waals surface area contributed by atoms with Gasteiger partial charge in [-0.05, 0) is 35.4 Å². The Morgan fingerprint density at radius 3 is 2.56 bits per heavy atom. The molecule has 2 N–H and O–H groups in total. The van der Waals surface area contributed by atoms with E-state index < -0.39 is 11.0 Å². The number of nitrogen functional groups attached to an aromatic ring is 1. The summed E-state index contributed by atoms with van der Waals surface area (Å²) in [4.78, 5) is 23.7. The van der Waals surface area contributed by atoms with Crippen LogP contribution >= 0.6 is 23.1 Å². The average Bonchev–Trinajstić information content (AvgIpc) is 3.48. The fraction of sp³-hybridized carbons (Fsp3) is 0.238. The Hall–Kier alpha value is -3.71. The topological polar surface area (TPSA) is 146 Å². The lowest BCUT2D eigenvalue weighted by atomic mass is 9.98. The average molecular weight is 501 g/mol. The van der Waals surface area contributed by atoms with Crippen LogP contribution in [0.1, 0.15) is 23.6 Å². The van der Waals surface area contributed by atoms with Crippen LogP contribution in [0.4, 0.5) is 10.8 Å². The second-order valence-electron chi connectivity index (χ2n) is 7.12. The number of hydrogen-bond donors (Lipinski definition) is 1. The van der Waals surface area contributed by atoms with Crippen LogP contribution in [0.3, 0.4) is 0 Å². The van der Waals surface area contributed by atoms with Crippen molar-refractivity contribution in [1.29, 1.82) is 0 Å². The Bertz CT molecular complexity index is 1250. The SMILES string of the molecule is COc1ccc(C2CC(c3ccc([N+](=O)[O-])cc3)=NN2C(=O)CSc2nnc(N)s2)cc1OC. The van der Waals surface area contributed by atoms with Crippen LogP contribution < -0.4 is 15.2 Å². The first kappa shape index (κ1) is 23.4. The van der Waals surface area contributed by atoms with E-state index in [0.717, 1.165) is 5.56 Å². The summed E-state index contributed by atoms with van der Waals surface area (Å²) in [6.07, 6.45) is 0.426. The van der Waals surface area contributed by atoms with Gasteiger partial charge in [0.2, 0.25) is 5.13 Å². The fourth-order valence-corrected chi connectivity index (χ4v) is 4.97. The van der Waals surface area contributed by atoms with Gasteiger partial charge in [-0.3, -0.25) is 14.9 Å². The third kappa shape index (κ3) is 4.94. The van der Waals surface area contributed by atoms with Gasteiger partial charge in [0.15, 0.2) is 15.8 Å². The van der Waals surface area contributed by atoms with Crippen molar-refractivity contribution in [3.63, 3.8) is 0 Å². The van der Waals surface area contributed by atoms with Gasteiger partial charge in [0.1, 0.15) is 0 Å². The highest BCUT2D eigenvalue weighted by molar-refractivity contribution is 8.01. The molecule has 3 aromatic rings. The standard InChI is InChI=1S/C21H20N6O5S2/c1-31-17-8-5-13(9-18(17)32-2)16-10-15(12-3-6-14(7-4-12)27(29)30)25-26(16)19(28)11-33-21-24-23-20(22)34-21/h3-9,16H,10-11H2,1-2H3,(H2,22,23). The predicted molar refractivity (Wildman–Crippen MR) is 128 cm³/mol. The lowest BCUT2D eigenvalue weighted by Gasteiger charge is -2.22. The summed E-state index contributed by atoms with van der Waals surface area (Å²) in [6.45, 7) is 0. The Morgan fingerprint density at radius 2 is 1.94 bits per heavy atom. The highest BCUT2D eigenvalue weighted by Crippen LogP contribution is 2.38. The summed E-state index contributed by atoms with van der Waals surface area (Å²) in [7, 11) is 3.10. The Balaban J connectivity index is 1.63. The van der Waals surface area contributed by atoms with Gasteiger partial charge in [0.05, 0.1) is 36.6 Å². The summed E-state index contributed by atoms with van der Waals surface area (Å²) in [6, 6.07) is 11.2. The number of aromatic nitrogens is 2. The van der Waals surface area contributed by atoms with Crippen LogP contribution in [0.5, 0.6) is 11.5 Å². The number of hydrogen-bond acceptors (Lipinski definition) is 11. The summed E-state index contributed by atoms with van der Waals surface area (Å²) >= 11 is 2.44. The number of carbonyl (C=O) groups excluding carboxylic acids is 1. The largest absolute Gasteiger partial charge is 0.493 e. The minimum Gasteiger partial charge on any atom is -0.493 e. The number of nitro benzene ring substituents is 1. The van der Waals surface area contributed by atoms with E-state index in [1.54, 1.807) is 32.4 Å². The first-order valence-corrected chi connectivity index (χ1v) is 11.8. The highest BCUT2D eigenvalue weighted by Gasteiger charge is 2.34. The summed E-state index contributed by atoms with van der Waals surface area (Å²) < 4.78 is 11.3. The van der Waals surface area contributed by atoms with Crippen molar-refractivity contribution >= 4 is 45.5 Å². The predicted octanol–water partition coefficient (Wildman–Crippen LogP) is 3.52. The number of nitro groups is 1. The number of rotatable bonds is 8. The maximum absolute atomic E-state index is 13.2. The number of anilines is 1. The minimum absolute atomic E-state index is 0.0144. The Morgan fingerprint density at radius 1 is 1.21 bits per heavy atom. The molecular formula is C21H20N6O5S2. The van der Waals surface area contributed by atoms with Crippen LogP contribution in [0.25, 0.3) is 0 Å². The van der Waals surface area contributed by atoms with E-state index in [-0.39, 0.29) is 17.3 Å². The molecule has 2 aromatic carbocycles. The first-order chi connectivity index (χ1) is 16.4. The van der Waals surface area contributed by atoms with Gasteiger partial charge >= 0.3 is 0 Å². The molecule has 0 radical (unpaired) electrons. The molecular weight excluding hydrogens is 480 g/mol. The van der Waals surface area contributed by atoms with Gasteiger partial charge < -0.3 is 15.2 Å². The number of nitrogens with zero attached hydrogens (tertiary/aromatic N) is 5. The van der Waals surface area contributed by atoms with Crippen molar-refractivity contribution in [2.45, 2.75) is 16.8 Å². The van der Waals surface area contributed by atoms with Crippen molar-refractivity contribution in [1.82, 2.24) is 15.2 Å². The van der Waals surface area contributed by atoms with E-state index in [4.69, 9.17) is 15.2 Å². The molecule has 0 aliphatic carbocycles. The zero-order valence-corrected chi connectivity index (χ0v) is 19.8. The molecule has 4 rings (SSSR count). The van der Waals surface area contributed by atoms with Gasteiger partial charge in [-0.25, -0.2) is 5.01 Å². The second-order valence-corrected chi connectivity index (χ2v) is 9.35. The number of thioether (sulfide) groups is 1. The lowest BCUT2D eigenvalue weighted by Crippen LogP contribution is -2.28. The van der Waals surface area contributed by atoms with Crippen LogP contribution in [0.15, 0.2) is 51.9 Å². The number of amides is 1. The maximum Gasteiger partial charge on any atom is 0.269 e. The van der Waals surface area contributed by atoms with Gasteiger partial charge in [-0.15, -0.1) is 10.2 Å². The molecule has 0 saturated heterocycles. The van der Waals surface area contributed by atoms with E-state index in [1.165, 1.54) is 40.2 Å². The zero-order chi connectivity index (χ0) is 24.2. The van der Waals surface area contributed by atoms with Crippen molar-refractivity contribution in [3.8, 4) is 11.5 Å². The Kier molecular flexibility index (Phi) is 6.93. The minimum atomic E-state index is -0.458. The quantitative estimate of drug-likeness (QED) is 0.279. The number of hydrazone groups is 1. The molecule has 13 heteroatoms. The summed E-state index contributed by atoms with van der Waals surface area (Å²) in [5, 5.41) is 25.1. The van der Waals surface area contributed by atoms with E-state index in [9.17, 15) is 14.9 Å². The number of benzene rings is 2. The molecule has 176 valence electrons. The number of nitrogens with two attached hydrogens (primary N) is 1. The van der Waals surface area contributed by atoms with Crippen molar-refractivity contribution in [2.75, 3.05) is 25.7 Å². The second kappa shape index (κ2) is 10.1. The summed E-state index contributed by atoms with van der Waals surface area (Å²) in [5.74, 6) is 0.976. The molecule has 1 amide bonds. The van der Waals surface area contributed by atoms with E-state index in [2.05, 4.69) is 15.3 Å². The molecule has 1 aromatic heterocycles. The number of non-ortho nitro benzene ring substituents is 1. The van der Waals surface area contributed by atoms with E-state index >= 15 is 0 Å². The molecule has 2 heterocycles. The lowest BCUT2D eigenvalue weighted by molar-refractivity contribution is -0.384. The zero-order valence-electron chi connectivity index (χ0n) is 18.2. The molecule has 0 bridgehead atoms. The number of ether oxygens (including phenoxy) is 2. The molecule has 11 nitrogen and oxygen atoms in total. The third-order valence-corrected chi connectivity index (χ3v) is 6.98. The van der Waals surface area contributed by atoms with Gasteiger partial charge in [-0.2, -0.15) is 5.10 Å². The molecule has 1 aliphatic rings. The van der Waals surface area contributed by atoms with Crippen molar-refractivity contribution in [3.05, 3.63) is 63.7 Å². The molecule has 1 atom stereocenters. The molecule has 0 fully saturated rings. The number of methoxy groups -OCH3 is 2. The molecule has 34 heavy (non-hydrogen) atoms. The van der Waals surface area contributed by atoms with Crippen LogP contribution in [-0.4, -0.2) is 51.7 Å². The molecule has 0 saturated carbocycles. The normalized spacial score (nSPS) is 15.2. The molecule has 1 aliphatic heterocycles. The van der Waals surface area contributed by atoms with Crippen molar-refractivity contribution in [2.24, 2.45) is 5.10 Å². The summed E-state index contributed by atoms with van der Waals surface area (Å²) in [5.41, 5.74) is 7.77. The number of carbonyl (C=O) groups is 1. The fourth-order valence-electron chi connectivity index (χ4n) is 3.48. The van der Waals surface area contributed by atoms with E-state index in [1.807, 2.05) is 12.1 Å². The van der Waals surface area contributed by atoms with E-state index in [0.29, 0.717) is 38.7 Å². The van der Waals surface area contributed by atoms with Gasteiger partial charge in [0, 0.05) is 18.6 Å². The maximum atomic E-state index is 13.2. The van der Waals surface area contributed by atoms with Gasteiger partial charge in [0.25, 0.3) is 11.6 Å². The van der Waals surface area contributed by atoms with Crippen LogP contribution in [0.2, 0.25) is 0 Å². The molecule has 1 unspecified atom stereocenters. The monoisotopic (exact) mass is 500 g/mol.